The van der Waals surface area contributed by atoms with E-state index >= 15 is 0 Å². The van der Waals surface area contributed by atoms with Gasteiger partial charge in [0, 0.05) is 11.6 Å². The molecule has 9 heteroatoms. The first-order valence-electron chi connectivity index (χ1n) is 7.63. The zero-order valence-corrected chi connectivity index (χ0v) is 15.0. The summed E-state index contributed by atoms with van der Waals surface area (Å²) in [6, 6.07) is 13.8. The Labute approximate surface area is 150 Å². The Morgan fingerprint density at radius 1 is 1.08 bits per heavy atom. The second-order valence-corrected chi connectivity index (χ2v) is 6.95. The molecule has 26 heavy (non-hydrogen) atoms. The van der Waals surface area contributed by atoms with Crippen LogP contribution in [0.1, 0.15) is 5.89 Å². The molecule has 3 aromatic rings. The minimum Gasteiger partial charge on any atom is -0.497 e. The maximum Gasteiger partial charge on any atom is 0.244 e. The van der Waals surface area contributed by atoms with Crippen molar-refractivity contribution >= 4 is 10.0 Å². The zero-order valence-electron chi connectivity index (χ0n) is 14.2. The van der Waals surface area contributed by atoms with E-state index in [0.717, 1.165) is 5.56 Å². The fraction of sp³-hybridized carbons (Fsp3) is 0.176. The van der Waals surface area contributed by atoms with Gasteiger partial charge >= 0.3 is 0 Å². The molecule has 0 saturated heterocycles. The van der Waals surface area contributed by atoms with Crippen LogP contribution in [0.3, 0.4) is 0 Å². The molecule has 0 saturated carbocycles. The average molecular weight is 375 g/mol. The molecule has 2 aromatic carbocycles. The first kappa shape index (κ1) is 17.9. The van der Waals surface area contributed by atoms with Crippen molar-refractivity contribution in [2.45, 2.75) is 11.4 Å². The first-order valence-corrected chi connectivity index (χ1v) is 9.11. The maximum atomic E-state index is 12.6. The highest BCUT2D eigenvalue weighted by Gasteiger charge is 2.21. The van der Waals surface area contributed by atoms with Gasteiger partial charge in [-0.25, -0.2) is 13.1 Å². The van der Waals surface area contributed by atoms with Crippen molar-refractivity contribution in [2.24, 2.45) is 0 Å². The van der Waals surface area contributed by atoms with Crippen molar-refractivity contribution < 1.29 is 22.4 Å². The molecule has 0 aliphatic rings. The molecule has 0 spiro atoms. The highest BCUT2D eigenvalue weighted by molar-refractivity contribution is 7.89. The third-order valence-electron chi connectivity index (χ3n) is 3.57. The summed E-state index contributed by atoms with van der Waals surface area (Å²) in [6.45, 7) is -0.150. The van der Waals surface area contributed by atoms with Crippen molar-refractivity contribution in [1.82, 2.24) is 14.9 Å². The van der Waals surface area contributed by atoms with E-state index in [4.69, 9.17) is 14.0 Å². The molecule has 0 aliphatic heterocycles. The summed E-state index contributed by atoms with van der Waals surface area (Å²) in [5.74, 6) is 1.14. The van der Waals surface area contributed by atoms with Gasteiger partial charge in [-0.15, -0.1) is 0 Å². The summed E-state index contributed by atoms with van der Waals surface area (Å²) in [6.07, 6.45) is 0. The lowest BCUT2D eigenvalue weighted by atomic mass is 10.2. The Kier molecular flexibility index (Phi) is 5.19. The fourth-order valence-corrected chi connectivity index (χ4v) is 3.42. The molecule has 0 bridgehead atoms. The van der Waals surface area contributed by atoms with Gasteiger partial charge in [0.25, 0.3) is 0 Å². The van der Waals surface area contributed by atoms with E-state index < -0.39 is 10.0 Å². The molecule has 1 N–H and O–H groups in total. The lowest BCUT2D eigenvalue weighted by Crippen LogP contribution is -2.24. The Morgan fingerprint density at radius 3 is 2.54 bits per heavy atom. The van der Waals surface area contributed by atoms with Crippen molar-refractivity contribution in [3.8, 4) is 22.9 Å². The van der Waals surface area contributed by atoms with Crippen molar-refractivity contribution in [2.75, 3.05) is 14.2 Å². The minimum absolute atomic E-state index is 0.0397. The van der Waals surface area contributed by atoms with Crippen molar-refractivity contribution in [3.63, 3.8) is 0 Å². The Hall–Kier alpha value is -2.91. The molecule has 0 aliphatic carbocycles. The van der Waals surface area contributed by atoms with Crippen LogP contribution in [0.25, 0.3) is 11.4 Å². The highest BCUT2D eigenvalue weighted by Crippen LogP contribution is 2.28. The normalized spacial score (nSPS) is 11.3. The van der Waals surface area contributed by atoms with E-state index in [1.165, 1.54) is 26.4 Å². The summed E-state index contributed by atoms with van der Waals surface area (Å²) in [5.41, 5.74) is 0.778. The molecule has 0 radical (unpaired) electrons. The number of aromatic nitrogens is 2. The Bertz CT molecular complexity index is 987. The van der Waals surface area contributed by atoms with Crippen molar-refractivity contribution in [1.29, 1.82) is 0 Å². The van der Waals surface area contributed by atoms with Gasteiger partial charge in [0.15, 0.2) is 0 Å². The Morgan fingerprint density at radius 2 is 1.85 bits per heavy atom. The highest BCUT2D eigenvalue weighted by atomic mass is 32.2. The molecule has 0 unspecified atom stereocenters. The lowest BCUT2D eigenvalue weighted by molar-refractivity contribution is 0.375. The van der Waals surface area contributed by atoms with Gasteiger partial charge in [-0.05, 0) is 12.1 Å². The average Bonchev–Trinajstić information content (AvgIpc) is 3.16. The van der Waals surface area contributed by atoms with E-state index in [0.29, 0.717) is 11.6 Å². The topological polar surface area (TPSA) is 104 Å². The molecule has 1 aromatic heterocycles. The zero-order chi connectivity index (χ0) is 18.6. The molecular weight excluding hydrogens is 358 g/mol. The standard InChI is InChI=1S/C17H17N3O5S/c1-23-13-8-9-14(24-2)15(10-13)26(21,22)18-11-16-19-17(20-25-16)12-6-4-3-5-7-12/h3-10,18H,11H2,1-2H3. The van der Waals surface area contributed by atoms with E-state index in [1.807, 2.05) is 30.3 Å². The van der Waals surface area contributed by atoms with Crippen LogP contribution in [0, 0.1) is 0 Å². The summed E-state index contributed by atoms with van der Waals surface area (Å²) in [7, 11) is -1.02. The van der Waals surface area contributed by atoms with Crippen LogP contribution >= 0.6 is 0 Å². The summed E-state index contributed by atoms with van der Waals surface area (Å²) >= 11 is 0. The molecule has 8 nitrogen and oxygen atoms in total. The quantitative estimate of drug-likeness (QED) is 0.675. The molecule has 0 fully saturated rings. The van der Waals surface area contributed by atoms with Gasteiger partial charge in [0.05, 0.1) is 20.8 Å². The predicted molar refractivity (Wildman–Crippen MR) is 93.3 cm³/mol. The predicted octanol–water partition coefficient (Wildman–Crippen LogP) is 2.23. The van der Waals surface area contributed by atoms with Gasteiger partial charge in [0.1, 0.15) is 16.4 Å². The number of nitrogens with zero attached hydrogens (tertiary/aromatic N) is 2. The van der Waals surface area contributed by atoms with Gasteiger partial charge in [-0.2, -0.15) is 4.98 Å². The second-order valence-electron chi connectivity index (χ2n) is 5.22. The van der Waals surface area contributed by atoms with E-state index in [1.54, 1.807) is 6.07 Å². The van der Waals surface area contributed by atoms with Crippen LogP contribution < -0.4 is 14.2 Å². The number of sulfonamides is 1. The molecule has 3 rings (SSSR count). The summed E-state index contributed by atoms with van der Waals surface area (Å²) in [5, 5.41) is 3.86. The van der Waals surface area contributed by atoms with Gasteiger partial charge in [-0.3, -0.25) is 0 Å². The van der Waals surface area contributed by atoms with Crippen LogP contribution in [-0.4, -0.2) is 32.8 Å². The fourth-order valence-electron chi connectivity index (χ4n) is 2.26. The number of benzene rings is 2. The third kappa shape index (κ3) is 3.84. The molecule has 0 atom stereocenters. The van der Waals surface area contributed by atoms with Crippen LogP contribution in [-0.2, 0) is 16.6 Å². The monoisotopic (exact) mass is 375 g/mol. The van der Waals surface area contributed by atoms with Gasteiger partial charge in [0.2, 0.25) is 21.7 Å². The van der Waals surface area contributed by atoms with Gasteiger partial charge < -0.3 is 14.0 Å². The van der Waals surface area contributed by atoms with E-state index in [9.17, 15) is 8.42 Å². The van der Waals surface area contributed by atoms with Crippen molar-refractivity contribution in [3.05, 3.63) is 54.4 Å². The number of ether oxygens (including phenoxy) is 2. The minimum atomic E-state index is -3.87. The number of methoxy groups -OCH3 is 2. The van der Waals surface area contributed by atoms with E-state index in [-0.39, 0.29) is 23.1 Å². The van der Waals surface area contributed by atoms with Crippen LogP contribution in [0.4, 0.5) is 0 Å². The largest absolute Gasteiger partial charge is 0.497 e. The molecule has 136 valence electrons. The third-order valence-corrected chi connectivity index (χ3v) is 5.00. The first-order chi connectivity index (χ1) is 12.5. The number of rotatable bonds is 7. The van der Waals surface area contributed by atoms with E-state index in [2.05, 4.69) is 14.9 Å². The number of nitrogens with one attached hydrogen (secondary N) is 1. The summed E-state index contributed by atoms with van der Waals surface area (Å²) in [4.78, 5) is 4.15. The van der Waals surface area contributed by atoms with Crippen LogP contribution in [0.15, 0.2) is 57.9 Å². The molecule has 0 amide bonds. The molecular formula is C17H17N3O5S. The summed E-state index contributed by atoms with van der Waals surface area (Å²) < 4.78 is 42.9. The Balaban J connectivity index is 1.78. The molecule has 1 heterocycles. The number of hydrogen-bond donors (Lipinski definition) is 1. The number of hydrogen-bond acceptors (Lipinski definition) is 7. The smallest absolute Gasteiger partial charge is 0.244 e. The second kappa shape index (κ2) is 7.54. The van der Waals surface area contributed by atoms with Crippen LogP contribution in [0.2, 0.25) is 0 Å². The lowest BCUT2D eigenvalue weighted by Gasteiger charge is -2.11. The van der Waals surface area contributed by atoms with Gasteiger partial charge in [-0.1, -0.05) is 35.5 Å². The van der Waals surface area contributed by atoms with Crippen LogP contribution in [0.5, 0.6) is 11.5 Å². The SMILES string of the molecule is COc1ccc(OC)c(S(=O)(=O)NCc2nc(-c3ccccc3)no2)c1. The maximum absolute atomic E-state index is 12.6.